The van der Waals surface area contributed by atoms with Gasteiger partial charge < -0.3 is 20.7 Å². The van der Waals surface area contributed by atoms with Crippen LogP contribution in [0.1, 0.15) is 17.3 Å². The maximum Gasteiger partial charge on any atom is 0.251 e. The maximum atomic E-state index is 12.1. The van der Waals surface area contributed by atoms with E-state index in [1.807, 2.05) is 31.2 Å². The van der Waals surface area contributed by atoms with E-state index in [1.165, 1.54) is 0 Å². The highest BCUT2D eigenvalue weighted by Gasteiger charge is 2.07. The molecule has 0 saturated carbocycles. The van der Waals surface area contributed by atoms with E-state index >= 15 is 0 Å². The highest BCUT2D eigenvalue weighted by molar-refractivity contribution is 5.96. The summed E-state index contributed by atoms with van der Waals surface area (Å²) in [5, 5.41) is 8.39. The normalized spacial score (nSPS) is 9.92. The van der Waals surface area contributed by atoms with Crippen LogP contribution in [0.25, 0.3) is 0 Å². The fraction of sp³-hybridized carbons (Fsp3) is 0.200. The van der Waals surface area contributed by atoms with Crippen LogP contribution in [-0.4, -0.2) is 32.0 Å². The molecule has 0 aliphatic heterocycles. The second kappa shape index (κ2) is 9.27. The third-order valence-corrected chi connectivity index (χ3v) is 3.46. The number of amides is 2. The van der Waals surface area contributed by atoms with E-state index in [2.05, 4.69) is 22.5 Å². The van der Waals surface area contributed by atoms with Crippen molar-refractivity contribution in [1.82, 2.24) is 5.32 Å². The van der Waals surface area contributed by atoms with Crippen LogP contribution in [0.15, 0.2) is 60.7 Å². The number of carbonyl (C=O) groups excluding carboxylic acids is 2. The summed E-state index contributed by atoms with van der Waals surface area (Å²) in [6.07, 6.45) is 0. The molecule has 2 aromatic rings. The molecule has 136 valence electrons. The van der Waals surface area contributed by atoms with Gasteiger partial charge in [-0.05, 0) is 48.9 Å². The summed E-state index contributed by atoms with van der Waals surface area (Å²) in [5.74, 6) is 0.293. The van der Waals surface area contributed by atoms with Gasteiger partial charge in [0, 0.05) is 18.3 Å². The Hall–Kier alpha value is -3.28. The third kappa shape index (κ3) is 5.66. The zero-order chi connectivity index (χ0) is 18.9. The summed E-state index contributed by atoms with van der Waals surface area (Å²) >= 11 is 0. The quantitative estimate of drug-likeness (QED) is 0.637. The van der Waals surface area contributed by atoms with Crippen LogP contribution in [0, 0.1) is 0 Å². The highest BCUT2D eigenvalue weighted by Crippen LogP contribution is 2.23. The Kier molecular flexibility index (Phi) is 6.79. The number of para-hydroxylation sites is 2. The molecule has 6 heteroatoms. The molecule has 0 unspecified atom stereocenters. The molecule has 26 heavy (non-hydrogen) atoms. The summed E-state index contributed by atoms with van der Waals surface area (Å²) in [5.41, 5.74) is 2.81. The fourth-order valence-electron chi connectivity index (χ4n) is 2.17. The Morgan fingerprint density at radius 2 is 1.77 bits per heavy atom. The first kappa shape index (κ1) is 19.1. The lowest BCUT2D eigenvalue weighted by Gasteiger charge is -2.13. The molecule has 0 radical (unpaired) electrons. The molecule has 0 saturated heterocycles. The molecule has 3 N–H and O–H groups in total. The predicted octanol–water partition coefficient (Wildman–Crippen LogP) is 3.05. The molecule has 0 aliphatic rings. The molecule has 0 aromatic heterocycles. The first-order valence-electron chi connectivity index (χ1n) is 8.21. The number of benzene rings is 2. The number of anilines is 2. The Morgan fingerprint density at radius 3 is 2.42 bits per heavy atom. The molecule has 2 rings (SSSR count). The topological polar surface area (TPSA) is 79.5 Å². The Balaban J connectivity index is 1.91. The van der Waals surface area contributed by atoms with Crippen molar-refractivity contribution in [3.63, 3.8) is 0 Å². The predicted molar refractivity (Wildman–Crippen MR) is 104 cm³/mol. The molecular weight excluding hydrogens is 330 g/mol. The van der Waals surface area contributed by atoms with E-state index in [0.717, 1.165) is 11.3 Å². The molecule has 0 aliphatic carbocycles. The van der Waals surface area contributed by atoms with Crippen molar-refractivity contribution in [2.24, 2.45) is 0 Å². The average Bonchev–Trinajstić information content (AvgIpc) is 2.65. The van der Waals surface area contributed by atoms with Crippen LogP contribution < -0.4 is 20.7 Å². The molecule has 0 heterocycles. The van der Waals surface area contributed by atoms with Gasteiger partial charge in [0.25, 0.3) is 5.91 Å². The Bertz CT molecular complexity index is 785. The van der Waals surface area contributed by atoms with E-state index in [9.17, 15) is 9.59 Å². The van der Waals surface area contributed by atoms with Gasteiger partial charge in [0.1, 0.15) is 12.4 Å². The van der Waals surface area contributed by atoms with Crippen molar-refractivity contribution in [3.05, 3.63) is 66.2 Å². The second-order valence-corrected chi connectivity index (χ2v) is 5.80. The lowest BCUT2D eigenvalue weighted by molar-refractivity contribution is -0.114. The molecule has 0 atom stereocenters. The van der Waals surface area contributed by atoms with Crippen molar-refractivity contribution in [2.75, 3.05) is 30.8 Å². The summed E-state index contributed by atoms with van der Waals surface area (Å²) in [6, 6.07) is 14.1. The Labute approximate surface area is 153 Å². The van der Waals surface area contributed by atoms with Crippen LogP contribution in [0.2, 0.25) is 0 Å². The molecule has 0 bridgehead atoms. The maximum absolute atomic E-state index is 12.1. The van der Waals surface area contributed by atoms with Gasteiger partial charge in [0.05, 0.1) is 12.2 Å². The van der Waals surface area contributed by atoms with E-state index in [-0.39, 0.29) is 18.4 Å². The smallest absolute Gasteiger partial charge is 0.251 e. The fourth-order valence-corrected chi connectivity index (χ4v) is 2.17. The van der Waals surface area contributed by atoms with Crippen LogP contribution in [-0.2, 0) is 4.79 Å². The molecule has 0 spiro atoms. The molecule has 6 nitrogen and oxygen atoms in total. The lowest BCUT2D eigenvalue weighted by Crippen LogP contribution is -2.22. The van der Waals surface area contributed by atoms with Crippen LogP contribution in [0.3, 0.4) is 0 Å². The van der Waals surface area contributed by atoms with E-state index in [0.29, 0.717) is 23.6 Å². The first-order valence-corrected chi connectivity index (χ1v) is 8.21. The second-order valence-electron chi connectivity index (χ2n) is 5.80. The van der Waals surface area contributed by atoms with Crippen LogP contribution >= 0.6 is 0 Å². The summed E-state index contributed by atoms with van der Waals surface area (Å²) < 4.78 is 5.66. The highest BCUT2D eigenvalue weighted by atomic mass is 16.5. The average molecular weight is 353 g/mol. The largest absolute Gasteiger partial charge is 0.487 e. The van der Waals surface area contributed by atoms with Crippen molar-refractivity contribution in [3.8, 4) is 5.75 Å². The summed E-state index contributed by atoms with van der Waals surface area (Å²) in [6.45, 7) is 6.20. The molecule has 2 amide bonds. The van der Waals surface area contributed by atoms with Crippen molar-refractivity contribution in [2.45, 2.75) is 6.92 Å². The van der Waals surface area contributed by atoms with Gasteiger partial charge in [-0.2, -0.15) is 0 Å². The standard InChI is InChI=1S/C20H23N3O3/c1-14(2)13-26-18-7-5-4-6-17(18)22-12-19(24)23-16-10-8-15(9-11-16)20(25)21-3/h4-11,22H,1,12-13H2,2-3H3,(H,21,25)(H,23,24). The van der Waals surface area contributed by atoms with Gasteiger partial charge in [0.2, 0.25) is 5.91 Å². The molecular formula is C20H23N3O3. The number of hydrogen-bond acceptors (Lipinski definition) is 4. The number of hydrogen-bond donors (Lipinski definition) is 3. The minimum absolute atomic E-state index is 0.0879. The minimum Gasteiger partial charge on any atom is -0.487 e. The molecule has 0 fully saturated rings. The first-order chi connectivity index (χ1) is 12.5. The SMILES string of the molecule is C=C(C)COc1ccccc1NCC(=O)Nc1ccc(C(=O)NC)cc1. The van der Waals surface area contributed by atoms with Gasteiger partial charge in [-0.1, -0.05) is 18.7 Å². The van der Waals surface area contributed by atoms with Gasteiger partial charge >= 0.3 is 0 Å². The van der Waals surface area contributed by atoms with Crippen LogP contribution in [0.4, 0.5) is 11.4 Å². The zero-order valence-electron chi connectivity index (χ0n) is 15.0. The zero-order valence-corrected chi connectivity index (χ0v) is 15.0. The number of carbonyl (C=O) groups is 2. The molecule has 2 aromatic carbocycles. The van der Waals surface area contributed by atoms with Crippen molar-refractivity contribution in [1.29, 1.82) is 0 Å². The van der Waals surface area contributed by atoms with E-state index in [1.54, 1.807) is 31.3 Å². The number of nitrogens with one attached hydrogen (secondary N) is 3. The van der Waals surface area contributed by atoms with Gasteiger partial charge in [-0.3, -0.25) is 9.59 Å². The van der Waals surface area contributed by atoms with Crippen molar-refractivity contribution >= 4 is 23.2 Å². The monoisotopic (exact) mass is 353 g/mol. The van der Waals surface area contributed by atoms with Gasteiger partial charge in [0.15, 0.2) is 0 Å². The van der Waals surface area contributed by atoms with Crippen molar-refractivity contribution < 1.29 is 14.3 Å². The lowest BCUT2D eigenvalue weighted by atomic mass is 10.2. The van der Waals surface area contributed by atoms with Gasteiger partial charge in [-0.25, -0.2) is 0 Å². The van der Waals surface area contributed by atoms with Crippen LogP contribution in [0.5, 0.6) is 5.75 Å². The van der Waals surface area contributed by atoms with Gasteiger partial charge in [-0.15, -0.1) is 0 Å². The third-order valence-electron chi connectivity index (χ3n) is 3.46. The summed E-state index contributed by atoms with van der Waals surface area (Å²) in [4.78, 5) is 23.6. The number of rotatable bonds is 8. The van der Waals surface area contributed by atoms with E-state index < -0.39 is 0 Å². The number of ether oxygens (including phenoxy) is 1. The summed E-state index contributed by atoms with van der Waals surface area (Å²) in [7, 11) is 1.57. The van der Waals surface area contributed by atoms with E-state index in [4.69, 9.17) is 4.74 Å². The Morgan fingerprint density at radius 1 is 1.08 bits per heavy atom. The minimum atomic E-state index is -0.201.